The van der Waals surface area contributed by atoms with E-state index in [1.807, 2.05) is 24.6 Å². The van der Waals surface area contributed by atoms with Gasteiger partial charge in [-0.1, -0.05) is 30.3 Å². The van der Waals surface area contributed by atoms with Gasteiger partial charge in [0.25, 0.3) is 0 Å². The first-order valence-electron chi connectivity index (χ1n) is 7.21. The highest BCUT2D eigenvalue weighted by molar-refractivity contribution is 7.15. The van der Waals surface area contributed by atoms with Gasteiger partial charge in [0.2, 0.25) is 0 Å². The van der Waals surface area contributed by atoms with E-state index in [1.54, 1.807) is 0 Å². The SMILES string of the molecule is CNC(C)c1cnc(N2CCC(c3ccccc3)C2)s1. The van der Waals surface area contributed by atoms with E-state index in [2.05, 4.69) is 52.5 Å². The molecule has 1 saturated heterocycles. The minimum absolute atomic E-state index is 0.383. The van der Waals surface area contributed by atoms with E-state index < -0.39 is 0 Å². The third-order valence-corrected chi connectivity index (χ3v) is 5.34. The van der Waals surface area contributed by atoms with Crippen molar-refractivity contribution in [1.82, 2.24) is 10.3 Å². The van der Waals surface area contributed by atoms with E-state index in [4.69, 9.17) is 0 Å². The molecule has 0 amide bonds. The molecule has 0 saturated carbocycles. The number of nitrogens with zero attached hydrogens (tertiary/aromatic N) is 2. The average Bonchev–Trinajstić information content (AvgIpc) is 3.16. The van der Waals surface area contributed by atoms with Gasteiger partial charge in [-0.15, -0.1) is 11.3 Å². The molecule has 1 N–H and O–H groups in total. The molecular formula is C16H21N3S. The highest BCUT2D eigenvalue weighted by Crippen LogP contribution is 2.34. The first-order valence-corrected chi connectivity index (χ1v) is 8.02. The summed E-state index contributed by atoms with van der Waals surface area (Å²) < 4.78 is 0. The zero-order valence-corrected chi connectivity index (χ0v) is 12.9. The van der Waals surface area contributed by atoms with Crippen LogP contribution < -0.4 is 10.2 Å². The van der Waals surface area contributed by atoms with Gasteiger partial charge in [0.15, 0.2) is 5.13 Å². The van der Waals surface area contributed by atoms with E-state index in [9.17, 15) is 0 Å². The third kappa shape index (κ3) is 2.72. The first kappa shape index (κ1) is 13.6. The minimum atomic E-state index is 0.383. The molecule has 4 heteroatoms. The summed E-state index contributed by atoms with van der Waals surface area (Å²) >= 11 is 1.81. The molecule has 2 atom stereocenters. The van der Waals surface area contributed by atoms with Crippen LogP contribution >= 0.6 is 11.3 Å². The second-order valence-corrected chi connectivity index (χ2v) is 6.44. The van der Waals surface area contributed by atoms with Crippen LogP contribution in [-0.4, -0.2) is 25.1 Å². The van der Waals surface area contributed by atoms with Gasteiger partial charge in [-0.25, -0.2) is 4.98 Å². The van der Waals surface area contributed by atoms with Crippen molar-refractivity contribution in [3.63, 3.8) is 0 Å². The maximum atomic E-state index is 4.60. The van der Waals surface area contributed by atoms with Crippen LogP contribution in [0.5, 0.6) is 0 Å². The van der Waals surface area contributed by atoms with Crippen LogP contribution in [0, 0.1) is 0 Å². The standard InChI is InChI=1S/C16H21N3S/c1-12(17-2)15-10-18-16(20-15)19-9-8-14(11-19)13-6-4-3-5-7-13/h3-7,10,12,14,17H,8-9,11H2,1-2H3. The lowest BCUT2D eigenvalue weighted by molar-refractivity contribution is 0.662. The molecule has 1 aromatic heterocycles. The van der Waals surface area contributed by atoms with Crippen LogP contribution in [0.2, 0.25) is 0 Å². The number of aromatic nitrogens is 1. The smallest absolute Gasteiger partial charge is 0.185 e. The first-order chi connectivity index (χ1) is 9.78. The average molecular weight is 287 g/mol. The summed E-state index contributed by atoms with van der Waals surface area (Å²) in [6.45, 7) is 4.37. The fraction of sp³-hybridized carbons (Fsp3) is 0.438. The van der Waals surface area contributed by atoms with Gasteiger partial charge in [-0.2, -0.15) is 0 Å². The number of nitrogens with one attached hydrogen (secondary N) is 1. The quantitative estimate of drug-likeness (QED) is 0.934. The summed E-state index contributed by atoms with van der Waals surface area (Å²) in [5.41, 5.74) is 1.45. The second kappa shape index (κ2) is 5.94. The molecule has 2 aromatic rings. The molecule has 3 rings (SSSR count). The molecule has 0 radical (unpaired) electrons. The van der Waals surface area contributed by atoms with Crippen LogP contribution in [0.15, 0.2) is 36.5 Å². The summed E-state index contributed by atoms with van der Waals surface area (Å²) in [5.74, 6) is 0.644. The molecule has 1 fully saturated rings. The van der Waals surface area contributed by atoms with Crippen molar-refractivity contribution in [2.45, 2.75) is 25.3 Å². The van der Waals surface area contributed by atoms with Crippen LogP contribution in [0.1, 0.15) is 35.7 Å². The van der Waals surface area contributed by atoms with E-state index in [0.29, 0.717) is 12.0 Å². The summed E-state index contributed by atoms with van der Waals surface area (Å²) in [6.07, 6.45) is 3.23. The Balaban J connectivity index is 1.69. The van der Waals surface area contributed by atoms with Crippen molar-refractivity contribution in [3.8, 4) is 0 Å². The lowest BCUT2D eigenvalue weighted by Crippen LogP contribution is -2.18. The molecule has 1 aromatic carbocycles. The van der Waals surface area contributed by atoms with Crippen molar-refractivity contribution in [2.75, 3.05) is 25.0 Å². The molecule has 20 heavy (non-hydrogen) atoms. The van der Waals surface area contributed by atoms with Crippen LogP contribution in [-0.2, 0) is 0 Å². The minimum Gasteiger partial charge on any atom is -0.347 e. The lowest BCUT2D eigenvalue weighted by atomic mass is 9.99. The Kier molecular flexibility index (Phi) is 4.03. The van der Waals surface area contributed by atoms with Crippen molar-refractivity contribution >= 4 is 16.5 Å². The summed E-state index contributed by atoms with van der Waals surface area (Å²) in [5, 5.41) is 4.44. The number of hydrogen-bond acceptors (Lipinski definition) is 4. The van der Waals surface area contributed by atoms with Crippen LogP contribution in [0.4, 0.5) is 5.13 Å². The van der Waals surface area contributed by atoms with Crippen LogP contribution in [0.25, 0.3) is 0 Å². The Bertz CT molecular complexity index is 552. The molecular weight excluding hydrogens is 266 g/mol. The normalized spacial score (nSPS) is 20.3. The van der Waals surface area contributed by atoms with E-state index in [0.717, 1.165) is 13.1 Å². The highest BCUT2D eigenvalue weighted by Gasteiger charge is 2.25. The molecule has 0 aliphatic carbocycles. The largest absolute Gasteiger partial charge is 0.347 e. The molecule has 2 heterocycles. The van der Waals surface area contributed by atoms with Gasteiger partial charge < -0.3 is 10.2 Å². The van der Waals surface area contributed by atoms with Gasteiger partial charge in [0, 0.05) is 36.1 Å². The van der Waals surface area contributed by atoms with E-state index in [-0.39, 0.29) is 0 Å². The highest BCUT2D eigenvalue weighted by atomic mass is 32.1. The van der Waals surface area contributed by atoms with E-state index in [1.165, 1.54) is 22.0 Å². The molecule has 1 aliphatic heterocycles. The zero-order valence-electron chi connectivity index (χ0n) is 12.0. The Hall–Kier alpha value is -1.39. The molecule has 0 bridgehead atoms. The van der Waals surface area contributed by atoms with Crippen molar-refractivity contribution < 1.29 is 0 Å². The fourth-order valence-corrected chi connectivity index (χ4v) is 3.71. The lowest BCUT2D eigenvalue weighted by Gasteiger charge is -2.15. The Labute approximate surface area is 124 Å². The number of hydrogen-bond donors (Lipinski definition) is 1. The Morgan fingerprint density at radius 1 is 1.35 bits per heavy atom. The van der Waals surface area contributed by atoms with Gasteiger partial charge >= 0.3 is 0 Å². The predicted octanol–water partition coefficient (Wildman–Crippen LogP) is 3.42. The maximum Gasteiger partial charge on any atom is 0.185 e. The fourth-order valence-electron chi connectivity index (χ4n) is 2.70. The number of anilines is 1. The topological polar surface area (TPSA) is 28.2 Å². The van der Waals surface area contributed by atoms with Crippen molar-refractivity contribution in [2.24, 2.45) is 0 Å². The predicted molar refractivity (Wildman–Crippen MR) is 85.6 cm³/mol. The van der Waals surface area contributed by atoms with Gasteiger partial charge in [0.1, 0.15) is 0 Å². The summed E-state index contributed by atoms with van der Waals surface area (Å²) in [6, 6.07) is 11.2. The Morgan fingerprint density at radius 3 is 2.90 bits per heavy atom. The molecule has 0 spiro atoms. The Morgan fingerprint density at radius 2 is 2.15 bits per heavy atom. The van der Waals surface area contributed by atoms with Gasteiger partial charge in [-0.05, 0) is 26.0 Å². The van der Waals surface area contributed by atoms with Crippen molar-refractivity contribution in [3.05, 3.63) is 47.0 Å². The number of benzene rings is 1. The summed E-state index contributed by atoms with van der Waals surface area (Å²) in [4.78, 5) is 8.34. The number of thiazole rings is 1. The maximum absolute atomic E-state index is 4.60. The molecule has 2 unspecified atom stereocenters. The van der Waals surface area contributed by atoms with Gasteiger partial charge in [-0.3, -0.25) is 0 Å². The number of rotatable bonds is 4. The molecule has 3 nitrogen and oxygen atoms in total. The van der Waals surface area contributed by atoms with E-state index >= 15 is 0 Å². The van der Waals surface area contributed by atoms with Gasteiger partial charge in [0.05, 0.1) is 0 Å². The monoisotopic (exact) mass is 287 g/mol. The molecule has 1 aliphatic rings. The molecule has 106 valence electrons. The second-order valence-electron chi connectivity index (χ2n) is 5.40. The van der Waals surface area contributed by atoms with Crippen LogP contribution in [0.3, 0.4) is 0 Å². The van der Waals surface area contributed by atoms with Crippen molar-refractivity contribution in [1.29, 1.82) is 0 Å². The summed E-state index contributed by atoms with van der Waals surface area (Å²) in [7, 11) is 1.99. The third-order valence-electron chi connectivity index (χ3n) is 4.10. The zero-order chi connectivity index (χ0) is 13.9.